The second-order valence-electron chi connectivity index (χ2n) is 4.02. The number of halogens is 1. The van der Waals surface area contributed by atoms with Gasteiger partial charge in [0.1, 0.15) is 17.0 Å². The van der Waals surface area contributed by atoms with Crippen LogP contribution in [0.4, 0.5) is 5.82 Å². The van der Waals surface area contributed by atoms with Gasteiger partial charge in [-0.25, -0.2) is 23.1 Å². The lowest BCUT2D eigenvalue weighted by Crippen LogP contribution is -2.26. The summed E-state index contributed by atoms with van der Waals surface area (Å²) in [6.07, 6.45) is 3.09. The van der Waals surface area contributed by atoms with E-state index in [0.29, 0.717) is 12.2 Å². The molecule has 0 aromatic carbocycles. The van der Waals surface area contributed by atoms with E-state index in [0.717, 1.165) is 6.20 Å². The topological polar surface area (TPSA) is 116 Å². The van der Waals surface area contributed by atoms with Gasteiger partial charge in [-0.05, 0) is 6.07 Å². The number of nitrogen functional groups attached to an aromatic ring is 1. The highest BCUT2D eigenvalue weighted by Gasteiger charge is 2.15. The Morgan fingerprint density at radius 2 is 2.20 bits per heavy atom. The minimum absolute atomic E-state index is 0.0364. The zero-order valence-corrected chi connectivity index (χ0v) is 12.2. The molecule has 0 aliphatic carbocycles. The maximum Gasteiger partial charge on any atom is 0.242 e. The number of rotatable bonds is 5. The Bertz CT molecular complexity index is 714. The average molecular weight is 317 g/mol. The molecule has 2 aromatic rings. The SMILES string of the molecule is Cn1cnc(CCNS(=O)(=O)c2cnc(N)c(Cl)c2)n1. The molecular formula is C10H13ClN6O2S. The van der Waals surface area contributed by atoms with Crippen molar-refractivity contribution >= 4 is 27.4 Å². The Morgan fingerprint density at radius 1 is 1.45 bits per heavy atom. The number of hydrogen-bond acceptors (Lipinski definition) is 6. The van der Waals surface area contributed by atoms with Crippen LogP contribution < -0.4 is 10.5 Å². The van der Waals surface area contributed by atoms with E-state index in [1.165, 1.54) is 6.07 Å². The van der Waals surface area contributed by atoms with Crippen molar-refractivity contribution in [2.75, 3.05) is 12.3 Å². The largest absolute Gasteiger partial charge is 0.382 e. The third-order valence-corrected chi connectivity index (χ3v) is 4.17. The fraction of sp³-hybridized carbons (Fsp3) is 0.300. The number of sulfonamides is 1. The predicted molar refractivity (Wildman–Crippen MR) is 73.6 cm³/mol. The summed E-state index contributed by atoms with van der Waals surface area (Å²) < 4.78 is 28.0. The molecule has 0 spiro atoms. The molecule has 108 valence electrons. The zero-order valence-electron chi connectivity index (χ0n) is 10.6. The molecular weight excluding hydrogens is 304 g/mol. The van der Waals surface area contributed by atoms with Crippen LogP contribution in [0, 0.1) is 0 Å². The maximum atomic E-state index is 12.0. The minimum Gasteiger partial charge on any atom is -0.382 e. The highest BCUT2D eigenvalue weighted by Crippen LogP contribution is 2.19. The molecule has 20 heavy (non-hydrogen) atoms. The highest BCUT2D eigenvalue weighted by molar-refractivity contribution is 7.89. The first-order valence-corrected chi connectivity index (χ1v) is 7.50. The van der Waals surface area contributed by atoms with Gasteiger partial charge in [0.05, 0.1) is 5.02 Å². The Balaban J connectivity index is 2.02. The van der Waals surface area contributed by atoms with Gasteiger partial charge in [-0.3, -0.25) is 4.68 Å². The van der Waals surface area contributed by atoms with Gasteiger partial charge in [-0.15, -0.1) is 0 Å². The van der Waals surface area contributed by atoms with E-state index in [4.69, 9.17) is 17.3 Å². The third kappa shape index (κ3) is 3.44. The highest BCUT2D eigenvalue weighted by atomic mass is 35.5. The third-order valence-electron chi connectivity index (χ3n) is 2.44. The van der Waals surface area contributed by atoms with E-state index in [-0.39, 0.29) is 22.3 Å². The Kier molecular flexibility index (Phi) is 4.21. The second-order valence-corrected chi connectivity index (χ2v) is 6.19. The lowest BCUT2D eigenvalue weighted by atomic mass is 10.4. The molecule has 0 atom stereocenters. The fourth-order valence-electron chi connectivity index (χ4n) is 1.46. The smallest absolute Gasteiger partial charge is 0.242 e. The number of anilines is 1. The van der Waals surface area contributed by atoms with Crippen molar-refractivity contribution in [1.29, 1.82) is 0 Å². The minimum atomic E-state index is -3.68. The summed E-state index contributed by atoms with van der Waals surface area (Å²) in [4.78, 5) is 7.68. The van der Waals surface area contributed by atoms with E-state index in [9.17, 15) is 8.42 Å². The van der Waals surface area contributed by atoms with E-state index in [2.05, 4.69) is 19.8 Å². The summed E-state index contributed by atoms with van der Waals surface area (Å²) in [7, 11) is -1.94. The molecule has 10 heteroatoms. The van der Waals surface area contributed by atoms with Crippen molar-refractivity contribution in [3.05, 3.63) is 29.4 Å². The summed E-state index contributed by atoms with van der Waals surface area (Å²) in [5, 5.41) is 4.15. The van der Waals surface area contributed by atoms with Gasteiger partial charge in [0.15, 0.2) is 5.82 Å². The van der Waals surface area contributed by atoms with Crippen molar-refractivity contribution in [3.63, 3.8) is 0 Å². The number of pyridine rings is 1. The second kappa shape index (κ2) is 5.73. The summed E-state index contributed by atoms with van der Waals surface area (Å²) >= 11 is 5.75. The van der Waals surface area contributed by atoms with E-state index in [1.54, 1.807) is 18.1 Å². The Morgan fingerprint density at radius 3 is 2.80 bits per heavy atom. The molecule has 0 saturated heterocycles. The Hall–Kier alpha value is -1.71. The fourth-order valence-corrected chi connectivity index (χ4v) is 2.69. The predicted octanol–water partition coefficient (Wildman–Crippen LogP) is -0.0333. The Labute approximate surface area is 121 Å². The quantitative estimate of drug-likeness (QED) is 0.800. The van der Waals surface area contributed by atoms with Crippen LogP contribution in [0.1, 0.15) is 5.82 Å². The normalized spacial score (nSPS) is 11.7. The molecule has 0 amide bonds. The van der Waals surface area contributed by atoms with Crippen LogP contribution in [-0.2, 0) is 23.5 Å². The lowest BCUT2D eigenvalue weighted by molar-refractivity contribution is 0.580. The molecule has 0 saturated carbocycles. The first kappa shape index (κ1) is 14.7. The number of hydrogen-bond donors (Lipinski definition) is 2. The molecule has 3 N–H and O–H groups in total. The van der Waals surface area contributed by atoms with Crippen molar-refractivity contribution in [2.45, 2.75) is 11.3 Å². The van der Waals surface area contributed by atoms with E-state index >= 15 is 0 Å². The van der Waals surface area contributed by atoms with Gasteiger partial charge in [-0.2, -0.15) is 5.10 Å². The summed E-state index contributed by atoms with van der Waals surface area (Å²) in [6.45, 7) is 0.175. The zero-order chi connectivity index (χ0) is 14.8. The molecule has 0 radical (unpaired) electrons. The standard InChI is InChI=1S/C10H13ClN6O2S/c1-17-6-14-9(16-17)2-3-15-20(18,19)7-4-8(11)10(12)13-5-7/h4-6,15H,2-3H2,1H3,(H2,12,13). The number of aromatic nitrogens is 4. The molecule has 2 aromatic heterocycles. The maximum absolute atomic E-state index is 12.0. The summed E-state index contributed by atoms with van der Waals surface area (Å²) in [5.74, 6) is 0.645. The lowest BCUT2D eigenvalue weighted by Gasteiger charge is -2.06. The van der Waals surface area contributed by atoms with Gasteiger partial charge < -0.3 is 5.73 Å². The molecule has 8 nitrogen and oxygen atoms in total. The van der Waals surface area contributed by atoms with Crippen LogP contribution >= 0.6 is 11.6 Å². The van der Waals surface area contributed by atoms with Crippen molar-refractivity contribution in [2.24, 2.45) is 7.05 Å². The monoisotopic (exact) mass is 316 g/mol. The molecule has 2 rings (SSSR count). The molecule has 0 aliphatic rings. The van der Waals surface area contributed by atoms with E-state index < -0.39 is 10.0 Å². The van der Waals surface area contributed by atoms with Crippen molar-refractivity contribution < 1.29 is 8.42 Å². The van der Waals surface area contributed by atoms with Gasteiger partial charge in [0.2, 0.25) is 10.0 Å². The molecule has 0 fully saturated rings. The van der Waals surface area contributed by atoms with Gasteiger partial charge >= 0.3 is 0 Å². The van der Waals surface area contributed by atoms with Gasteiger partial charge in [0.25, 0.3) is 0 Å². The molecule has 2 heterocycles. The summed E-state index contributed by atoms with van der Waals surface area (Å²) in [6, 6.07) is 1.26. The van der Waals surface area contributed by atoms with Gasteiger partial charge in [0, 0.05) is 26.2 Å². The van der Waals surface area contributed by atoms with Crippen LogP contribution in [0.25, 0.3) is 0 Å². The van der Waals surface area contributed by atoms with Crippen molar-refractivity contribution in [3.8, 4) is 0 Å². The molecule has 0 bridgehead atoms. The first-order valence-electron chi connectivity index (χ1n) is 5.64. The number of aryl methyl sites for hydroxylation is 1. The van der Waals surface area contributed by atoms with Crippen LogP contribution in [0.2, 0.25) is 5.02 Å². The number of nitrogens with zero attached hydrogens (tertiary/aromatic N) is 4. The first-order chi connectivity index (χ1) is 9.38. The van der Waals surface area contributed by atoms with Crippen molar-refractivity contribution in [1.82, 2.24) is 24.5 Å². The number of nitrogens with one attached hydrogen (secondary N) is 1. The summed E-state index contributed by atoms with van der Waals surface area (Å²) in [5.41, 5.74) is 5.43. The number of nitrogens with two attached hydrogens (primary N) is 1. The van der Waals surface area contributed by atoms with Crippen LogP contribution in [0.3, 0.4) is 0 Å². The molecule has 0 unspecified atom stereocenters. The van der Waals surface area contributed by atoms with E-state index in [1.807, 2.05) is 0 Å². The van der Waals surface area contributed by atoms with Crippen LogP contribution in [0.15, 0.2) is 23.5 Å². The van der Waals surface area contributed by atoms with Crippen LogP contribution in [-0.4, -0.2) is 34.7 Å². The average Bonchev–Trinajstić information content (AvgIpc) is 2.78. The van der Waals surface area contributed by atoms with Crippen LogP contribution in [0.5, 0.6) is 0 Å². The van der Waals surface area contributed by atoms with Gasteiger partial charge in [-0.1, -0.05) is 11.6 Å². The molecule has 0 aliphatic heterocycles.